The summed E-state index contributed by atoms with van der Waals surface area (Å²) in [5.41, 5.74) is 5.04. The van der Waals surface area contributed by atoms with Crippen LogP contribution in [0.25, 0.3) is 12.2 Å². The number of hydrogen-bond acceptors (Lipinski definition) is 3. The molecule has 2 aromatic carbocycles. The molecule has 1 atom stereocenters. The van der Waals surface area contributed by atoms with E-state index in [1.807, 2.05) is 0 Å². The summed E-state index contributed by atoms with van der Waals surface area (Å²) in [7, 11) is 0. The number of hydrogen-bond donors (Lipinski definition) is 0. The van der Waals surface area contributed by atoms with E-state index < -0.39 is 0 Å². The number of anilines is 2. The van der Waals surface area contributed by atoms with Crippen LogP contribution in [0.3, 0.4) is 0 Å². The van der Waals surface area contributed by atoms with Crippen LogP contribution in [-0.4, -0.2) is 43.8 Å². The van der Waals surface area contributed by atoms with Crippen LogP contribution in [0.1, 0.15) is 18.1 Å². The van der Waals surface area contributed by atoms with Gasteiger partial charge in [-0.25, -0.2) is 0 Å². The lowest BCUT2D eigenvalue weighted by molar-refractivity contribution is -0.0211. The molecular formula is C21H24N2O. The molecule has 4 rings (SSSR count). The highest BCUT2D eigenvalue weighted by Crippen LogP contribution is 2.36. The van der Waals surface area contributed by atoms with Crippen molar-refractivity contribution in [3.05, 3.63) is 59.7 Å². The smallest absolute Gasteiger partial charge is 0.0881 e. The Hall–Kier alpha value is -2.10. The molecule has 0 amide bonds. The molecule has 0 N–H and O–H groups in total. The Morgan fingerprint density at radius 3 is 2.21 bits per heavy atom. The van der Waals surface area contributed by atoms with E-state index in [4.69, 9.17) is 4.74 Å². The largest absolute Gasteiger partial charge is 0.374 e. The maximum Gasteiger partial charge on any atom is 0.0881 e. The zero-order valence-corrected chi connectivity index (χ0v) is 14.2. The molecule has 2 aliphatic rings. The van der Waals surface area contributed by atoms with Crippen molar-refractivity contribution < 1.29 is 4.74 Å². The topological polar surface area (TPSA) is 15.7 Å². The fourth-order valence-electron chi connectivity index (χ4n) is 3.64. The van der Waals surface area contributed by atoms with Crippen molar-refractivity contribution in [3.63, 3.8) is 0 Å². The van der Waals surface area contributed by atoms with Crippen molar-refractivity contribution in [2.45, 2.75) is 13.0 Å². The molecule has 2 heterocycles. The van der Waals surface area contributed by atoms with E-state index in [1.54, 1.807) is 0 Å². The molecule has 1 fully saturated rings. The van der Waals surface area contributed by atoms with Gasteiger partial charge in [-0.3, -0.25) is 4.90 Å². The van der Waals surface area contributed by atoms with Crippen molar-refractivity contribution in [2.75, 3.05) is 37.7 Å². The van der Waals surface area contributed by atoms with Gasteiger partial charge in [-0.2, -0.15) is 0 Å². The van der Waals surface area contributed by atoms with E-state index >= 15 is 0 Å². The molecule has 0 radical (unpaired) electrons. The van der Waals surface area contributed by atoms with Gasteiger partial charge in [0.15, 0.2) is 0 Å². The maximum absolute atomic E-state index is 6.08. The van der Waals surface area contributed by atoms with E-state index in [1.165, 1.54) is 22.5 Å². The van der Waals surface area contributed by atoms with Crippen LogP contribution in [0.5, 0.6) is 0 Å². The zero-order chi connectivity index (χ0) is 16.4. The second-order valence-electron chi connectivity index (χ2n) is 6.45. The number of fused-ring (bicyclic) bond motifs is 2. The molecule has 2 aromatic rings. The van der Waals surface area contributed by atoms with Crippen LogP contribution in [0.15, 0.2) is 48.5 Å². The van der Waals surface area contributed by atoms with E-state index in [-0.39, 0.29) is 6.10 Å². The molecule has 0 aromatic heterocycles. The second kappa shape index (κ2) is 6.80. The first-order valence-corrected chi connectivity index (χ1v) is 8.83. The summed E-state index contributed by atoms with van der Waals surface area (Å²) in [5, 5.41) is 0. The molecule has 1 unspecified atom stereocenters. The lowest BCUT2D eigenvalue weighted by Gasteiger charge is -2.36. The lowest BCUT2D eigenvalue weighted by atomic mass is 10.1. The fourth-order valence-corrected chi connectivity index (χ4v) is 3.64. The maximum atomic E-state index is 6.08. The Kier molecular flexibility index (Phi) is 4.37. The number of rotatable bonds is 3. The van der Waals surface area contributed by atoms with Crippen molar-refractivity contribution >= 4 is 23.5 Å². The Bertz CT molecular complexity index is 691. The monoisotopic (exact) mass is 320 g/mol. The molecular weight excluding hydrogens is 296 g/mol. The highest BCUT2D eigenvalue weighted by molar-refractivity contribution is 5.88. The lowest BCUT2D eigenvalue weighted by Crippen LogP contribution is -2.46. The van der Waals surface area contributed by atoms with Crippen LogP contribution in [0.4, 0.5) is 11.4 Å². The molecule has 0 aliphatic carbocycles. The summed E-state index contributed by atoms with van der Waals surface area (Å²) >= 11 is 0. The van der Waals surface area contributed by atoms with Gasteiger partial charge in [0.1, 0.15) is 0 Å². The summed E-state index contributed by atoms with van der Waals surface area (Å²) in [5.74, 6) is 0. The van der Waals surface area contributed by atoms with E-state index in [2.05, 4.69) is 77.4 Å². The summed E-state index contributed by atoms with van der Waals surface area (Å²) < 4.78 is 6.08. The molecule has 3 heteroatoms. The van der Waals surface area contributed by atoms with Gasteiger partial charge in [0.2, 0.25) is 0 Å². The minimum absolute atomic E-state index is 0.234. The van der Waals surface area contributed by atoms with E-state index in [0.717, 1.165) is 32.8 Å². The first kappa shape index (κ1) is 15.4. The van der Waals surface area contributed by atoms with Crippen LogP contribution in [-0.2, 0) is 4.74 Å². The van der Waals surface area contributed by atoms with Gasteiger partial charge in [-0.1, -0.05) is 55.5 Å². The van der Waals surface area contributed by atoms with Crippen molar-refractivity contribution in [2.24, 2.45) is 0 Å². The molecule has 24 heavy (non-hydrogen) atoms. The third kappa shape index (κ3) is 2.97. The Labute approximate surface area is 144 Å². The number of morpholine rings is 1. The van der Waals surface area contributed by atoms with Crippen molar-refractivity contribution in [3.8, 4) is 0 Å². The predicted molar refractivity (Wildman–Crippen MR) is 101 cm³/mol. The minimum Gasteiger partial charge on any atom is -0.374 e. The predicted octanol–water partition coefficient (Wildman–Crippen LogP) is 4.03. The van der Waals surface area contributed by atoms with Gasteiger partial charge < -0.3 is 9.64 Å². The fraction of sp³-hybridized carbons (Fsp3) is 0.333. The molecule has 124 valence electrons. The van der Waals surface area contributed by atoms with E-state index in [9.17, 15) is 0 Å². The summed E-state index contributed by atoms with van der Waals surface area (Å²) in [6.45, 7) is 7.07. The second-order valence-corrected chi connectivity index (χ2v) is 6.45. The van der Waals surface area contributed by atoms with Crippen molar-refractivity contribution in [1.82, 2.24) is 4.90 Å². The van der Waals surface area contributed by atoms with Crippen molar-refractivity contribution in [1.29, 1.82) is 0 Å². The quantitative estimate of drug-likeness (QED) is 0.849. The minimum atomic E-state index is 0.234. The number of benzene rings is 2. The molecule has 3 nitrogen and oxygen atoms in total. The average Bonchev–Trinajstić information content (AvgIpc) is 2.80. The number of likely N-dealkylation sites (N-methyl/N-ethyl adjacent to an activating group) is 1. The van der Waals surface area contributed by atoms with Crippen LogP contribution in [0.2, 0.25) is 0 Å². The highest BCUT2D eigenvalue weighted by Gasteiger charge is 2.25. The standard InChI is InChI=1S/C21H24N2O/c1-2-22-13-14-24-19(15-22)16-23-20-9-5-3-7-17(20)11-12-18-8-4-6-10-21(18)23/h3-12,19H,2,13-16H2,1H3. The SMILES string of the molecule is CCN1CCOC(CN2c3ccccc3C=Cc3ccccc32)C1. The summed E-state index contributed by atoms with van der Waals surface area (Å²) in [6.07, 6.45) is 4.67. The summed E-state index contributed by atoms with van der Waals surface area (Å²) in [4.78, 5) is 4.90. The van der Waals surface area contributed by atoms with Gasteiger partial charge in [0, 0.05) is 24.5 Å². The van der Waals surface area contributed by atoms with Gasteiger partial charge >= 0.3 is 0 Å². The van der Waals surface area contributed by atoms with Gasteiger partial charge in [0.25, 0.3) is 0 Å². The molecule has 1 saturated heterocycles. The Morgan fingerprint density at radius 1 is 0.958 bits per heavy atom. The first-order valence-electron chi connectivity index (χ1n) is 8.83. The number of ether oxygens (including phenoxy) is 1. The highest BCUT2D eigenvalue weighted by atomic mass is 16.5. The normalized spacial score (nSPS) is 20.4. The molecule has 2 aliphatic heterocycles. The molecule has 0 bridgehead atoms. The van der Waals surface area contributed by atoms with Crippen LogP contribution >= 0.6 is 0 Å². The third-order valence-electron chi connectivity index (χ3n) is 4.95. The molecule has 0 saturated carbocycles. The van der Waals surface area contributed by atoms with Crippen LogP contribution < -0.4 is 4.90 Å². The first-order chi connectivity index (χ1) is 11.8. The molecule has 0 spiro atoms. The zero-order valence-electron chi connectivity index (χ0n) is 14.2. The average molecular weight is 320 g/mol. The number of para-hydroxylation sites is 2. The van der Waals surface area contributed by atoms with Crippen LogP contribution in [0, 0.1) is 0 Å². The number of nitrogens with zero attached hydrogens (tertiary/aromatic N) is 2. The van der Waals surface area contributed by atoms with Gasteiger partial charge in [-0.05, 0) is 29.8 Å². The van der Waals surface area contributed by atoms with Gasteiger partial charge in [-0.15, -0.1) is 0 Å². The Balaban J connectivity index is 1.69. The Morgan fingerprint density at radius 2 is 1.58 bits per heavy atom. The third-order valence-corrected chi connectivity index (χ3v) is 4.95. The van der Waals surface area contributed by atoms with E-state index in [0.29, 0.717) is 0 Å². The summed E-state index contributed by atoms with van der Waals surface area (Å²) in [6, 6.07) is 17.2. The van der Waals surface area contributed by atoms with Gasteiger partial charge in [0.05, 0.1) is 19.3 Å².